The van der Waals surface area contributed by atoms with Crippen molar-refractivity contribution in [3.63, 3.8) is 0 Å². The Kier molecular flexibility index (Phi) is 8.93. The summed E-state index contributed by atoms with van der Waals surface area (Å²) in [6, 6.07) is 0. The van der Waals surface area contributed by atoms with E-state index in [0.29, 0.717) is 0 Å². The minimum Gasteiger partial charge on any atom is -0.394 e. The molecule has 2 saturated heterocycles. The Balaban J connectivity index is 1.22. The van der Waals surface area contributed by atoms with Crippen LogP contribution in [0.15, 0.2) is 17.4 Å². The Morgan fingerprint density at radius 1 is 1.11 bits per heavy atom. The summed E-state index contributed by atoms with van der Waals surface area (Å²) in [5, 5.41) is 17.1. The maximum absolute atomic E-state index is 15.7. The molecule has 2 fully saturated rings. The number of nitrogens with one attached hydrogen (secondary N) is 1. The lowest BCUT2D eigenvalue weighted by Crippen LogP contribution is -2.34. The van der Waals surface area contributed by atoms with Crippen molar-refractivity contribution >= 4 is 71.6 Å². The summed E-state index contributed by atoms with van der Waals surface area (Å²) in [6.07, 6.45) is -10.8. The van der Waals surface area contributed by atoms with Gasteiger partial charge in [0.25, 0.3) is 5.56 Å². The summed E-state index contributed by atoms with van der Waals surface area (Å²) < 4.78 is 60.7. The van der Waals surface area contributed by atoms with Crippen LogP contribution in [-0.2, 0) is 46.7 Å². The summed E-state index contributed by atoms with van der Waals surface area (Å²) >= 11 is 9.86. The molecule has 2 aliphatic heterocycles. The molecule has 0 aliphatic carbocycles. The molecule has 0 radical (unpaired) electrons. The summed E-state index contributed by atoms with van der Waals surface area (Å²) in [6.45, 7) is -5.92. The number of halogens is 2. The summed E-state index contributed by atoms with van der Waals surface area (Å²) in [5.74, 6) is -0.264. The molecule has 4 aromatic rings. The Bertz CT molecular complexity index is 1870. The number of imidazole rings is 1. The number of anilines is 2. The van der Waals surface area contributed by atoms with Gasteiger partial charge in [-0.05, 0) is 23.6 Å². The zero-order valence-electron chi connectivity index (χ0n) is 22.2. The molecule has 0 bridgehead atoms. The highest BCUT2D eigenvalue weighted by molar-refractivity contribution is 8.07. The number of aliphatic hydroxyl groups is 1. The number of aromatic amines is 1. The lowest BCUT2D eigenvalue weighted by molar-refractivity contribution is -0.0588. The van der Waals surface area contributed by atoms with E-state index in [-0.39, 0.29) is 34.1 Å². The van der Waals surface area contributed by atoms with E-state index in [1.54, 1.807) is 0 Å². The Morgan fingerprint density at radius 3 is 2.60 bits per heavy atom. The van der Waals surface area contributed by atoms with Gasteiger partial charge in [0.1, 0.15) is 36.3 Å². The molecule has 10 atom stereocenters. The van der Waals surface area contributed by atoms with Crippen LogP contribution in [0.3, 0.4) is 0 Å². The molecule has 0 amide bonds. The number of aliphatic hydroxyl groups excluding tert-OH is 1. The van der Waals surface area contributed by atoms with Gasteiger partial charge in [-0.2, -0.15) is 9.67 Å². The predicted molar refractivity (Wildman–Crippen MR) is 155 cm³/mol. The number of hydrogen-bond acceptors (Lipinski definition) is 17. The highest BCUT2D eigenvalue weighted by atomic mass is 32.5. The van der Waals surface area contributed by atoms with Crippen LogP contribution in [0.4, 0.5) is 20.5 Å². The molecule has 6 rings (SSSR count). The first-order valence-electron chi connectivity index (χ1n) is 12.7. The number of nitrogen functional groups attached to an aromatic ring is 2. The highest BCUT2D eigenvalue weighted by Gasteiger charge is 2.52. The Labute approximate surface area is 259 Å². The molecule has 2 aliphatic rings. The number of nitrogens with zero attached hydrogens (tertiary/aromatic N) is 8. The van der Waals surface area contributed by atoms with Crippen LogP contribution >= 0.6 is 13.9 Å². The third-order valence-electron chi connectivity index (χ3n) is 6.86. The molecule has 0 saturated carbocycles. The van der Waals surface area contributed by atoms with Gasteiger partial charge in [0, 0.05) is 0 Å². The van der Waals surface area contributed by atoms with Gasteiger partial charge in [-0.3, -0.25) is 18.9 Å². The molecule has 0 spiro atoms. The number of fused-ring (bicyclic) bond motifs is 2. The van der Waals surface area contributed by atoms with Gasteiger partial charge >= 0.3 is 6.72 Å². The topological polar surface area (TPSA) is 279 Å². The van der Waals surface area contributed by atoms with Crippen molar-refractivity contribution in [1.29, 1.82) is 0 Å². The molecule has 244 valence electrons. The maximum Gasteiger partial charge on any atom is 0.325 e. The minimum atomic E-state index is -4.43. The summed E-state index contributed by atoms with van der Waals surface area (Å²) in [7, 11) is -2.88. The second-order valence-electron chi connectivity index (χ2n) is 9.62. The van der Waals surface area contributed by atoms with Crippen LogP contribution in [0.2, 0.25) is 0 Å². The Hall–Kier alpha value is -2.73. The molecular weight excluding hydrogens is 690 g/mol. The number of nitrogens with two attached hydrogens (primary N) is 2. The first kappa shape index (κ1) is 32.2. The van der Waals surface area contributed by atoms with Gasteiger partial charge in [-0.1, -0.05) is 5.21 Å². The number of alkyl halides is 2. The number of aromatic nitrogens is 9. The first-order chi connectivity index (χ1) is 21.4. The molecule has 45 heavy (non-hydrogen) atoms. The standard InChI is InChI=1S/C19H23F2N11O9P2S2/c20-7-5(1-33)38-18(32-15-10(29-30-32)16(34)28-19(23)27-15)12(7)41-43(36,45)37-2-6-11(40-42(35)44)8(21)17(39-6)31-4-26-9-13(22)24-3-25-14(9)31/h3-8,11-12,17-18,33,42H,1-2H2,(H,35,44)(H,36,45)(H2,22,24,25)(H3,23,27,28,34)/t5-,6-,7-,8+,11-,12-,17-,18-,43?/m1/s1. The number of rotatable bonds is 10. The molecule has 20 nitrogen and oxygen atoms in total. The van der Waals surface area contributed by atoms with Gasteiger partial charge in [0.15, 0.2) is 54.6 Å². The molecule has 6 heterocycles. The third-order valence-corrected chi connectivity index (χ3v) is 9.18. The number of ether oxygens (including phenoxy) is 2. The first-order valence-corrected chi connectivity index (χ1v) is 17.8. The molecular formula is C19H23F2N11O9P2S2. The van der Waals surface area contributed by atoms with Crippen molar-refractivity contribution in [2.24, 2.45) is 0 Å². The van der Waals surface area contributed by atoms with E-state index < -0.39 is 81.9 Å². The second-order valence-corrected chi connectivity index (χ2v) is 14.2. The van der Waals surface area contributed by atoms with E-state index >= 15 is 8.78 Å². The summed E-state index contributed by atoms with van der Waals surface area (Å²) in [5.41, 5.74) is 10.5. The average molecular weight is 714 g/mol. The van der Waals surface area contributed by atoms with Gasteiger partial charge in [-0.25, -0.2) is 23.7 Å². The van der Waals surface area contributed by atoms with Crippen molar-refractivity contribution in [3.8, 4) is 0 Å². The van der Waals surface area contributed by atoms with Crippen LogP contribution in [-0.4, -0.2) is 109 Å². The van der Waals surface area contributed by atoms with Gasteiger partial charge in [0.2, 0.25) is 5.95 Å². The lowest BCUT2D eigenvalue weighted by Gasteiger charge is -2.26. The normalized spacial score (nSPS) is 30.7. The van der Waals surface area contributed by atoms with Crippen molar-refractivity contribution < 1.29 is 46.7 Å². The van der Waals surface area contributed by atoms with Crippen LogP contribution < -0.4 is 17.0 Å². The molecule has 4 aromatic heterocycles. The van der Waals surface area contributed by atoms with Crippen LogP contribution in [0.5, 0.6) is 0 Å². The smallest absolute Gasteiger partial charge is 0.325 e. The average Bonchev–Trinajstić information content (AvgIpc) is 3.73. The van der Waals surface area contributed by atoms with Crippen molar-refractivity contribution in [2.45, 2.75) is 49.2 Å². The maximum atomic E-state index is 15.7. The Morgan fingerprint density at radius 2 is 1.87 bits per heavy atom. The van der Waals surface area contributed by atoms with E-state index in [2.05, 4.69) is 35.2 Å². The van der Waals surface area contributed by atoms with Gasteiger partial charge in [-0.15, -0.1) is 5.10 Å². The minimum absolute atomic E-state index is 0.0399. The van der Waals surface area contributed by atoms with E-state index in [1.807, 2.05) is 0 Å². The third kappa shape index (κ3) is 6.08. The molecule has 8 N–H and O–H groups in total. The van der Waals surface area contributed by atoms with E-state index in [0.717, 1.165) is 11.0 Å². The highest BCUT2D eigenvalue weighted by Crippen LogP contribution is 2.51. The van der Waals surface area contributed by atoms with Crippen LogP contribution in [0.25, 0.3) is 22.3 Å². The second kappa shape index (κ2) is 12.5. The number of hydrogen-bond donors (Lipinski definition) is 6. The van der Waals surface area contributed by atoms with Crippen LogP contribution in [0, 0.1) is 0 Å². The van der Waals surface area contributed by atoms with Crippen molar-refractivity contribution in [1.82, 2.24) is 44.5 Å². The molecule has 2 unspecified atom stereocenters. The molecule has 26 heteroatoms. The lowest BCUT2D eigenvalue weighted by atomic mass is 10.1. The van der Waals surface area contributed by atoms with Crippen LogP contribution in [0.1, 0.15) is 12.5 Å². The van der Waals surface area contributed by atoms with Crippen molar-refractivity contribution in [2.75, 3.05) is 24.7 Å². The number of H-pyrrole nitrogens is 1. The largest absolute Gasteiger partial charge is 0.394 e. The van der Waals surface area contributed by atoms with Gasteiger partial charge < -0.3 is 44.9 Å². The van der Waals surface area contributed by atoms with Gasteiger partial charge in [0.05, 0.1) is 19.5 Å². The van der Waals surface area contributed by atoms with Crippen molar-refractivity contribution in [3.05, 3.63) is 23.0 Å². The fourth-order valence-corrected chi connectivity index (χ4v) is 7.15. The summed E-state index contributed by atoms with van der Waals surface area (Å²) in [4.78, 5) is 51.0. The zero-order chi connectivity index (χ0) is 32.2. The zero-order valence-corrected chi connectivity index (χ0v) is 25.8. The molecule has 0 aromatic carbocycles. The fourth-order valence-electron chi connectivity index (χ4n) is 4.90. The predicted octanol–water partition coefficient (Wildman–Crippen LogP) is -1.52. The van der Waals surface area contributed by atoms with E-state index in [9.17, 15) is 19.7 Å². The van der Waals surface area contributed by atoms with E-state index in [1.165, 1.54) is 10.9 Å². The fraction of sp³-hybridized carbons (Fsp3) is 0.526. The van der Waals surface area contributed by atoms with E-state index in [4.69, 9.17) is 58.1 Å². The monoisotopic (exact) mass is 713 g/mol. The SMILES string of the molecule is Nc1nc2c(nnn2[C@@H]2O[C@H](CO)[C@@H](F)[C@H]2OP(O)(=S)OC[C@H]2O[C@@H](n3cnc4c(N)ncnc43)[C@@H](F)[C@@H]2O[PH](O)=S)c(=O)[nH]1. The quantitative estimate of drug-likeness (QED) is 0.102.